The van der Waals surface area contributed by atoms with Crippen LogP contribution in [0.1, 0.15) is 6.92 Å². The summed E-state index contributed by atoms with van der Waals surface area (Å²) in [5.41, 5.74) is 0. The van der Waals surface area contributed by atoms with E-state index in [2.05, 4.69) is 45.9 Å². The van der Waals surface area contributed by atoms with Gasteiger partial charge in [-0.15, -0.1) is 6.58 Å². The molecule has 0 saturated heterocycles. The van der Waals surface area contributed by atoms with Gasteiger partial charge in [0.25, 0.3) is 0 Å². The average Bonchev–Trinajstić information content (AvgIpc) is 2.00. The summed E-state index contributed by atoms with van der Waals surface area (Å²) in [6.07, 6.45) is 1.75. The fourth-order valence-corrected chi connectivity index (χ4v) is 8.60. The van der Waals surface area contributed by atoms with E-state index in [1.807, 2.05) is 6.92 Å². The van der Waals surface area contributed by atoms with Crippen LogP contribution in [0.3, 0.4) is 0 Å². The third kappa shape index (κ3) is 16.9. The highest BCUT2D eigenvalue weighted by Gasteiger charge is 2.20. The second-order valence-corrected chi connectivity index (χ2v) is 14.4. The zero-order chi connectivity index (χ0) is 13.1. The van der Waals surface area contributed by atoms with Crippen LogP contribution in [0, 0.1) is 0 Å². The lowest BCUT2D eigenvalue weighted by atomic mass is 10.8. The Labute approximate surface area is 108 Å². The van der Waals surface area contributed by atoms with Gasteiger partial charge in [0.05, 0.1) is 0 Å². The standard InChI is InChI=1S/C6H22O3Si4.C3H6/c1-10(2)7-13(8-11(3)4)9-12(5)6;1-3-2/h10-13H,1-6H3;3H,1H2,2H3. The molecule has 0 aliphatic carbocycles. The fourth-order valence-electron chi connectivity index (χ4n) is 0.763. The van der Waals surface area contributed by atoms with Gasteiger partial charge >= 0.3 is 9.53 Å². The maximum atomic E-state index is 5.77. The minimum absolute atomic E-state index is 0.990. The van der Waals surface area contributed by atoms with E-state index in [1.165, 1.54) is 0 Å². The second kappa shape index (κ2) is 12.0. The molecule has 0 fully saturated rings. The van der Waals surface area contributed by atoms with E-state index >= 15 is 0 Å². The molecule has 16 heavy (non-hydrogen) atoms. The van der Waals surface area contributed by atoms with Crippen molar-refractivity contribution in [2.75, 3.05) is 0 Å². The van der Waals surface area contributed by atoms with Crippen LogP contribution in [0.2, 0.25) is 39.3 Å². The van der Waals surface area contributed by atoms with E-state index in [4.69, 9.17) is 12.3 Å². The highest BCUT2D eigenvalue weighted by molar-refractivity contribution is 6.69. The fraction of sp³-hybridized carbons (Fsp3) is 0.778. The first-order valence-electron chi connectivity index (χ1n) is 5.86. The first-order valence-corrected chi connectivity index (χ1v) is 15.6. The Morgan fingerprint density at radius 3 is 1.06 bits per heavy atom. The maximum Gasteiger partial charge on any atom is 0.452 e. The summed E-state index contributed by atoms with van der Waals surface area (Å²) in [6, 6.07) is 0. The summed E-state index contributed by atoms with van der Waals surface area (Å²) in [5.74, 6) is 0. The molecule has 0 aliphatic heterocycles. The molecule has 0 N–H and O–H groups in total. The van der Waals surface area contributed by atoms with E-state index in [0.717, 1.165) is 0 Å². The third-order valence-corrected chi connectivity index (χ3v) is 10.3. The van der Waals surface area contributed by atoms with Gasteiger partial charge in [-0.3, -0.25) is 0 Å². The summed E-state index contributed by atoms with van der Waals surface area (Å²) in [6.45, 7) is 18.2. The monoisotopic (exact) mass is 296 g/mol. The largest absolute Gasteiger partial charge is 0.452 e. The lowest BCUT2D eigenvalue weighted by molar-refractivity contribution is 0.318. The Hall–Kier alpha value is 0.488. The molecular formula is C9H28O3Si4. The molecule has 7 heteroatoms. The van der Waals surface area contributed by atoms with Gasteiger partial charge in [-0.1, -0.05) is 6.08 Å². The van der Waals surface area contributed by atoms with Gasteiger partial charge in [0.15, 0.2) is 27.1 Å². The van der Waals surface area contributed by atoms with E-state index in [-0.39, 0.29) is 0 Å². The minimum Gasteiger partial charge on any atom is -0.422 e. The normalized spacial score (nSPS) is 10.9. The van der Waals surface area contributed by atoms with Crippen molar-refractivity contribution >= 4 is 36.6 Å². The Morgan fingerprint density at radius 1 is 0.750 bits per heavy atom. The predicted molar refractivity (Wildman–Crippen MR) is 82.9 cm³/mol. The Balaban J connectivity index is 0. The Bertz CT molecular complexity index is 141. The van der Waals surface area contributed by atoms with Crippen molar-refractivity contribution in [2.24, 2.45) is 0 Å². The zero-order valence-corrected chi connectivity index (χ0v) is 16.4. The topological polar surface area (TPSA) is 27.7 Å². The van der Waals surface area contributed by atoms with Gasteiger partial charge in [0.1, 0.15) is 0 Å². The molecule has 98 valence electrons. The van der Waals surface area contributed by atoms with Crippen LogP contribution in [0.5, 0.6) is 0 Å². The summed E-state index contributed by atoms with van der Waals surface area (Å²) in [5, 5.41) is 0. The summed E-state index contributed by atoms with van der Waals surface area (Å²) in [4.78, 5) is 0. The van der Waals surface area contributed by atoms with Crippen LogP contribution < -0.4 is 0 Å². The van der Waals surface area contributed by atoms with Crippen molar-refractivity contribution in [3.8, 4) is 0 Å². The molecule has 0 heterocycles. The Kier molecular flexibility index (Phi) is 14.1. The van der Waals surface area contributed by atoms with Crippen LogP contribution in [0.15, 0.2) is 12.7 Å². The first-order chi connectivity index (χ1) is 7.33. The quantitative estimate of drug-likeness (QED) is 0.553. The van der Waals surface area contributed by atoms with Crippen LogP contribution in [-0.4, -0.2) is 36.6 Å². The third-order valence-electron chi connectivity index (χ3n) is 1.15. The molecule has 0 bridgehead atoms. The highest BCUT2D eigenvalue weighted by atomic mass is 28.5. The van der Waals surface area contributed by atoms with Gasteiger partial charge in [0, 0.05) is 0 Å². The lowest BCUT2D eigenvalue weighted by Gasteiger charge is -2.22. The predicted octanol–water partition coefficient (Wildman–Crippen LogP) is 1.90. The molecule has 0 radical (unpaired) electrons. The molecule has 0 unspecified atom stereocenters. The molecule has 0 aromatic rings. The van der Waals surface area contributed by atoms with Crippen molar-refractivity contribution in [2.45, 2.75) is 46.2 Å². The van der Waals surface area contributed by atoms with Gasteiger partial charge in [-0.25, -0.2) is 0 Å². The number of rotatable bonds is 6. The van der Waals surface area contributed by atoms with Crippen molar-refractivity contribution in [1.29, 1.82) is 0 Å². The van der Waals surface area contributed by atoms with Gasteiger partial charge in [0.2, 0.25) is 0 Å². The molecule has 0 atom stereocenters. The zero-order valence-electron chi connectivity index (χ0n) is 11.8. The van der Waals surface area contributed by atoms with E-state index < -0.39 is 36.6 Å². The molecule has 3 nitrogen and oxygen atoms in total. The lowest BCUT2D eigenvalue weighted by Crippen LogP contribution is -2.38. The summed E-state index contributed by atoms with van der Waals surface area (Å²) in [7, 11) is -4.69. The summed E-state index contributed by atoms with van der Waals surface area (Å²) < 4.78 is 17.3. The van der Waals surface area contributed by atoms with E-state index in [9.17, 15) is 0 Å². The molecule has 0 aromatic heterocycles. The Morgan fingerprint density at radius 2 is 0.938 bits per heavy atom. The number of hydrogen-bond donors (Lipinski definition) is 0. The van der Waals surface area contributed by atoms with Gasteiger partial charge in [-0.05, 0) is 46.2 Å². The van der Waals surface area contributed by atoms with E-state index in [1.54, 1.807) is 6.08 Å². The van der Waals surface area contributed by atoms with Crippen LogP contribution >= 0.6 is 0 Å². The smallest absolute Gasteiger partial charge is 0.422 e. The SMILES string of the molecule is C=CC.C[SiH](C)O[SiH](O[SiH](C)C)O[SiH](C)C. The van der Waals surface area contributed by atoms with Crippen molar-refractivity contribution in [1.82, 2.24) is 0 Å². The summed E-state index contributed by atoms with van der Waals surface area (Å²) >= 11 is 0. The molecular weight excluding hydrogens is 268 g/mol. The van der Waals surface area contributed by atoms with Gasteiger partial charge in [-0.2, -0.15) is 0 Å². The number of hydrogen-bond acceptors (Lipinski definition) is 3. The second-order valence-electron chi connectivity index (χ2n) is 4.25. The molecule has 0 aliphatic rings. The molecule has 0 saturated carbocycles. The molecule has 0 rings (SSSR count). The maximum absolute atomic E-state index is 5.77. The van der Waals surface area contributed by atoms with E-state index in [0.29, 0.717) is 0 Å². The van der Waals surface area contributed by atoms with Crippen molar-refractivity contribution < 1.29 is 12.3 Å². The average molecular weight is 297 g/mol. The molecule has 0 aromatic carbocycles. The first kappa shape index (κ1) is 18.8. The molecule has 0 spiro atoms. The van der Waals surface area contributed by atoms with Crippen LogP contribution in [-0.2, 0) is 12.3 Å². The van der Waals surface area contributed by atoms with Gasteiger partial charge < -0.3 is 12.3 Å². The minimum atomic E-state index is -1.72. The van der Waals surface area contributed by atoms with Crippen LogP contribution in [0.4, 0.5) is 0 Å². The number of allylic oxidation sites excluding steroid dienone is 1. The van der Waals surface area contributed by atoms with Crippen molar-refractivity contribution in [3.63, 3.8) is 0 Å². The molecule has 0 amide bonds. The van der Waals surface area contributed by atoms with Crippen molar-refractivity contribution in [3.05, 3.63) is 12.7 Å². The van der Waals surface area contributed by atoms with Crippen LogP contribution in [0.25, 0.3) is 0 Å². The highest BCUT2D eigenvalue weighted by Crippen LogP contribution is 2.00.